The molecule has 6 nitrogen and oxygen atoms in total. The van der Waals surface area contributed by atoms with Gasteiger partial charge in [0.2, 0.25) is 0 Å². The summed E-state index contributed by atoms with van der Waals surface area (Å²) in [5, 5.41) is 12.8. The Balaban J connectivity index is 2.55. The maximum absolute atomic E-state index is 11.3. The van der Waals surface area contributed by atoms with Crippen LogP contribution in [0, 0.1) is 10.1 Å². The summed E-state index contributed by atoms with van der Waals surface area (Å²) in [5.41, 5.74) is 0.104. The van der Waals surface area contributed by atoms with Crippen molar-refractivity contribution in [3.63, 3.8) is 0 Å². The molecule has 0 aliphatic carbocycles. The van der Waals surface area contributed by atoms with Gasteiger partial charge in [0.1, 0.15) is 0 Å². The Hall–Kier alpha value is -2.28. The highest BCUT2D eigenvalue weighted by atomic mass is 32.1. The monoisotopic (exact) mass is 264 g/mol. The van der Waals surface area contributed by atoms with Crippen LogP contribution in [-0.4, -0.2) is 23.0 Å². The fourth-order valence-electron chi connectivity index (χ4n) is 1.42. The van der Waals surface area contributed by atoms with E-state index in [1.165, 1.54) is 30.7 Å². The minimum atomic E-state index is -0.650. The minimum Gasteiger partial charge on any atom is -0.465 e. The third-order valence-corrected chi connectivity index (χ3v) is 3.12. The number of nitro groups is 1. The van der Waals surface area contributed by atoms with Crippen molar-refractivity contribution in [2.75, 3.05) is 7.11 Å². The highest BCUT2D eigenvalue weighted by molar-refractivity contribution is 7.13. The Morgan fingerprint density at radius 1 is 1.56 bits per heavy atom. The van der Waals surface area contributed by atoms with Crippen LogP contribution in [0.4, 0.5) is 5.69 Å². The van der Waals surface area contributed by atoms with Crippen LogP contribution in [-0.2, 0) is 4.74 Å². The van der Waals surface area contributed by atoms with E-state index < -0.39 is 10.9 Å². The van der Waals surface area contributed by atoms with E-state index in [2.05, 4.69) is 9.72 Å². The highest BCUT2D eigenvalue weighted by Crippen LogP contribution is 2.31. The average molecular weight is 264 g/mol. The molecule has 2 aromatic heterocycles. The number of nitrogens with zero attached hydrogens (tertiary/aromatic N) is 2. The first-order valence-corrected chi connectivity index (χ1v) is 5.78. The Morgan fingerprint density at radius 2 is 2.33 bits per heavy atom. The molecule has 0 N–H and O–H groups in total. The summed E-state index contributed by atoms with van der Waals surface area (Å²) in [4.78, 5) is 26.4. The van der Waals surface area contributed by atoms with E-state index in [1.54, 1.807) is 17.5 Å². The van der Waals surface area contributed by atoms with Gasteiger partial charge in [0.15, 0.2) is 5.69 Å². The number of ether oxygens (including phenoxy) is 1. The number of thiophene rings is 1. The normalized spacial score (nSPS) is 10.1. The summed E-state index contributed by atoms with van der Waals surface area (Å²) in [6.07, 6.45) is 1.27. The van der Waals surface area contributed by atoms with Gasteiger partial charge in [-0.2, -0.15) is 0 Å². The van der Waals surface area contributed by atoms with Gasteiger partial charge in [-0.15, -0.1) is 11.3 Å². The summed E-state index contributed by atoms with van der Waals surface area (Å²) < 4.78 is 4.50. The maximum atomic E-state index is 11.3. The minimum absolute atomic E-state index is 0.0597. The molecule has 0 unspecified atom stereocenters. The van der Waals surface area contributed by atoms with Crippen LogP contribution < -0.4 is 0 Å². The molecule has 0 fully saturated rings. The lowest BCUT2D eigenvalue weighted by atomic mass is 10.2. The number of rotatable bonds is 3. The molecule has 92 valence electrons. The van der Waals surface area contributed by atoms with Gasteiger partial charge in [0.05, 0.1) is 22.5 Å². The molecule has 0 spiro atoms. The van der Waals surface area contributed by atoms with Crippen molar-refractivity contribution in [2.45, 2.75) is 0 Å². The van der Waals surface area contributed by atoms with E-state index >= 15 is 0 Å². The van der Waals surface area contributed by atoms with Crippen LogP contribution in [0.3, 0.4) is 0 Å². The Bertz CT molecular complexity index is 595. The summed E-state index contributed by atoms with van der Waals surface area (Å²) in [7, 11) is 1.21. The zero-order valence-electron chi connectivity index (χ0n) is 9.32. The lowest BCUT2D eigenvalue weighted by Gasteiger charge is -2.02. The molecule has 0 aromatic carbocycles. The Morgan fingerprint density at radius 3 is 2.89 bits per heavy atom. The van der Waals surface area contributed by atoms with Crippen molar-refractivity contribution in [1.82, 2.24) is 4.98 Å². The van der Waals surface area contributed by atoms with Gasteiger partial charge >= 0.3 is 5.97 Å². The summed E-state index contributed by atoms with van der Waals surface area (Å²) >= 11 is 1.34. The molecule has 0 saturated heterocycles. The first kappa shape index (κ1) is 12.2. The molecule has 0 aliphatic heterocycles. The van der Waals surface area contributed by atoms with E-state index in [-0.39, 0.29) is 16.9 Å². The summed E-state index contributed by atoms with van der Waals surface area (Å²) in [6.45, 7) is 0. The van der Waals surface area contributed by atoms with E-state index in [4.69, 9.17) is 0 Å². The van der Waals surface area contributed by atoms with E-state index in [1.807, 2.05) is 0 Å². The molecule has 0 amide bonds. The van der Waals surface area contributed by atoms with Crippen LogP contribution in [0.25, 0.3) is 10.6 Å². The number of hydrogen-bond acceptors (Lipinski definition) is 6. The maximum Gasteiger partial charge on any atom is 0.339 e. The predicted octanol–water partition coefficient (Wildman–Crippen LogP) is 2.50. The van der Waals surface area contributed by atoms with Gasteiger partial charge in [-0.1, -0.05) is 6.07 Å². The molecule has 18 heavy (non-hydrogen) atoms. The zero-order valence-corrected chi connectivity index (χ0v) is 10.1. The third kappa shape index (κ3) is 2.21. The van der Waals surface area contributed by atoms with Gasteiger partial charge in [0.25, 0.3) is 5.69 Å². The van der Waals surface area contributed by atoms with Crippen LogP contribution in [0.5, 0.6) is 0 Å². The number of esters is 1. The van der Waals surface area contributed by atoms with Crippen molar-refractivity contribution in [3.05, 3.63) is 45.5 Å². The quantitative estimate of drug-likeness (QED) is 0.483. The first-order valence-electron chi connectivity index (χ1n) is 4.90. The molecule has 2 heterocycles. The fraction of sp³-hybridized carbons (Fsp3) is 0.0909. The van der Waals surface area contributed by atoms with Gasteiger partial charge in [0, 0.05) is 12.3 Å². The molecule has 0 saturated carbocycles. The number of carbonyl (C=O) groups is 1. The van der Waals surface area contributed by atoms with Crippen molar-refractivity contribution >= 4 is 23.0 Å². The molecule has 0 bridgehead atoms. The predicted molar refractivity (Wildman–Crippen MR) is 65.5 cm³/mol. The van der Waals surface area contributed by atoms with Crippen molar-refractivity contribution < 1.29 is 14.5 Å². The van der Waals surface area contributed by atoms with E-state index in [0.29, 0.717) is 4.88 Å². The summed E-state index contributed by atoms with van der Waals surface area (Å²) in [5.74, 6) is -0.650. The number of aromatic nitrogens is 1. The molecular weight excluding hydrogens is 256 g/mol. The lowest BCUT2D eigenvalue weighted by Crippen LogP contribution is -2.04. The number of pyridine rings is 1. The molecule has 7 heteroatoms. The van der Waals surface area contributed by atoms with E-state index in [0.717, 1.165) is 0 Å². The number of hydrogen-bond donors (Lipinski definition) is 0. The SMILES string of the molecule is COC(=O)c1cnc(-c2cccs2)c([N+](=O)[O-])c1. The van der Waals surface area contributed by atoms with Crippen LogP contribution in [0.2, 0.25) is 0 Å². The Labute approximate surface area is 106 Å². The van der Waals surface area contributed by atoms with Gasteiger partial charge in [-0.05, 0) is 11.4 Å². The fourth-order valence-corrected chi connectivity index (χ4v) is 2.15. The van der Waals surface area contributed by atoms with E-state index in [9.17, 15) is 14.9 Å². The molecule has 2 aromatic rings. The second kappa shape index (κ2) is 4.92. The zero-order chi connectivity index (χ0) is 13.1. The molecule has 2 rings (SSSR count). The molecule has 0 atom stereocenters. The van der Waals surface area contributed by atoms with Crippen LogP contribution in [0.15, 0.2) is 29.8 Å². The molecule has 0 aliphatic rings. The standard InChI is InChI=1S/C11H8N2O4S/c1-17-11(14)7-5-8(13(15)16)10(12-6-7)9-3-2-4-18-9/h2-6H,1H3. The third-order valence-electron chi connectivity index (χ3n) is 2.24. The van der Waals surface area contributed by atoms with Crippen molar-refractivity contribution in [3.8, 4) is 10.6 Å². The Kier molecular flexibility index (Phi) is 3.33. The summed E-state index contributed by atoms with van der Waals surface area (Å²) in [6, 6.07) is 4.69. The van der Waals surface area contributed by atoms with Crippen LogP contribution in [0.1, 0.15) is 10.4 Å². The van der Waals surface area contributed by atoms with Crippen molar-refractivity contribution in [2.24, 2.45) is 0 Å². The molecule has 0 radical (unpaired) electrons. The number of carbonyl (C=O) groups excluding carboxylic acids is 1. The largest absolute Gasteiger partial charge is 0.465 e. The molecular formula is C11H8N2O4S. The van der Waals surface area contributed by atoms with Crippen LogP contribution >= 0.6 is 11.3 Å². The number of methoxy groups -OCH3 is 1. The topological polar surface area (TPSA) is 82.3 Å². The lowest BCUT2D eigenvalue weighted by molar-refractivity contribution is -0.384. The first-order chi connectivity index (χ1) is 8.63. The van der Waals surface area contributed by atoms with Gasteiger partial charge in [-0.25, -0.2) is 9.78 Å². The average Bonchev–Trinajstić information content (AvgIpc) is 2.90. The second-order valence-corrected chi connectivity index (χ2v) is 4.27. The van der Waals surface area contributed by atoms with Crippen molar-refractivity contribution in [1.29, 1.82) is 0 Å². The highest BCUT2D eigenvalue weighted by Gasteiger charge is 2.21. The smallest absolute Gasteiger partial charge is 0.339 e. The second-order valence-electron chi connectivity index (χ2n) is 3.32. The van der Waals surface area contributed by atoms with Gasteiger partial charge in [-0.3, -0.25) is 10.1 Å². The van der Waals surface area contributed by atoms with Gasteiger partial charge < -0.3 is 4.74 Å².